The summed E-state index contributed by atoms with van der Waals surface area (Å²) < 4.78 is 20.8. The van der Waals surface area contributed by atoms with Gasteiger partial charge in [-0.1, -0.05) is 46.4 Å². The number of carbonyl (C=O) groups is 2. The molecule has 2 aromatic rings. The molecule has 174 valence electrons. The Morgan fingerprint density at radius 3 is 1.41 bits per heavy atom. The minimum Gasteiger partial charge on any atom is -0.480 e. The van der Waals surface area contributed by atoms with E-state index in [0.29, 0.717) is 44.4 Å². The maximum atomic E-state index is 11.7. The first-order valence-corrected chi connectivity index (χ1v) is 11.3. The van der Waals surface area contributed by atoms with Crippen molar-refractivity contribution in [1.29, 1.82) is 0 Å². The number of hydrogen-bond donors (Lipinski definition) is 0. The summed E-state index contributed by atoms with van der Waals surface area (Å²) in [5, 5.41) is 1.62. The molecule has 0 heterocycles. The molecule has 0 saturated heterocycles. The van der Waals surface area contributed by atoms with Crippen LogP contribution in [-0.4, -0.2) is 38.4 Å². The number of unbranched alkanes of at least 4 members (excludes halogenated alkanes) is 3. The van der Waals surface area contributed by atoms with Gasteiger partial charge in [0.2, 0.25) is 0 Å². The summed E-state index contributed by atoms with van der Waals surface area (Å²) in [5.41, 5.74) is 0. The Morgan fingerprint density at radius 2 is 1.03 bits per heavy atom. The van der Waals surface area contributed by atoms with Crippen molar-refractivity contribution in [3.63, 3.8) is 0 Å². The normalized spacial score (nSPS) is 10.5. The fourth-order valence-electron chi connectivity index (χ4n) is 2.47. The molecule has 0 aliphatic carbocycles. The molecule has 0 spiro atoms. The summed E-state index contributed by atoms with van der Waals surface area (Å²) in [6.45, 7) is 0.0965. The first-order chi connectivity index (χ1) is 15.3. The fraction of sp³-hybridized carbons (Fsp3) is 0.364. The second kappa shape index (κ2) is 14.3. The second-order valence-corrected chi connectivity index (χ2v) is 8.27. The van der Waals surface area contributed by atoms with E-state index in [9.17, 15) is 9.59 Å². The summed E-state index contributed by atoms with van der Waals surface area (Å²) in [5.74, 6) is -0.232. The van der Waals surface area contributed by atoms with Crippen molar-refractivity contribution < 1.29 is 28.5 Å². The van der Waals surface area contributed by atoms with Gasteiger partial charge in [0.15, 0.2) is 13.2 Å². The topological polar surface area (TPSA) is 71.1 Å². The van der Waals surface area contributed by atoms with Gasteiger partial charge in [0.25, 0.3) is 0 Å². The molecule has 32 heavy (non-hydrogen) atoms. The standard InChI is InChI=1S/C22H22Cl4O6/c23-15-5-7-19(17(25)11-15)31-13-21(27)29-9-3-1-2-4-10-30-22(28)14-32-20-8-6-16(24)12-18(20)26/h5-8,11-12H,1-4,9-10,13-14H2. The molecule has 0 atom stereocenters. The highest BCUT2D eigenvalue weighted by Gasteiger charge is 2.09. The zero-order valence-electron chi connectivity index (χ0n) is 17.1. The van der Waals surface area contributed by atoms with E-state index < -0.39 is 11.9 Å². The lowest BCUT2D eigenvalue weighted by molar-refractivity contribution is -0.147. The van der Waals surface area contributed by atoms with E-state index in [2.05, 4.69) is 0 Å². The van der Waals surface area contributed by atoms with E-state index in [-0.39, 0.29) is 26.4 Å². The lowest BCUT2D eigenvalue weighted by Gasteiger charge is -2.09. The van der Waals surface area contributed by atoms with Gasteiger partial charge in [-0.05, 0) is 62.1 Å². The third-order valence-electron chi connectivity index (χ3n) is 4.04. The molecule has 0 bridgehead atoms. The molecular weight excluding hydrogens is 502 g/mol. The predicted molar refractivity (Wildman–Crippen MR) is 124 cm³/mol. The number of esters is 2. The largest absolute Gasteiger partial charge is 0.480 e. The lowest BCUT2D eigenvalue weighted by atomic mass is 10.2. The summed E-state index contributed by atoms with van der Waals surface area (Å²) in [6, 6.07) is 9.47. The third-order valence-corrected chi connectivity index (χ3v) is 5.10. The van der Waals surface area contributed by atoms with Crippen LogP contribution in [-0.2, 0) is 19.1 Å². The van der Waals surface area contributed by atoms with Gasteiger partial charge in [0.1, 0.15) is 11.5 Å². The smallest absolute Gasteiger partial charge is 0.344 e. The SMILES string of the molecule is O=C(COc1ccc(Cl)cc1Cl)OCCCCCCOC(=O)COc1ccc(Cl)cc1Cl. The van der Waals surface area contributed by atoms with E-state index in [1.165, 1.54) is 12.1 Å². The van der Waals surface area contributed by atoms with Crippen molar-refractivity contribution in [3.8, 4) is 11.5 Å². The van der Waals surface area contributed by atoms with Gasteiger partial charge in [-0.3, -0.25) is 0 Å². The molecule has 0 aliphatic rings. The van der Waals surface area contributed by atoms with Gasteiger partial charge in [-0.2, -0.15) is 0 Å². The van der Waals surface area contributed by atoms with Crippen LogP contribution in [0.1, 0.15) is 25.7 Å². The Kier molecular flexibility index (Phi) is 11.8. The lowest BCUT2D eigenvalue weighted by Crippen LogP contribution is -2.16. The van der Waals surface area contributed by atoms with Gasteiger partial charge in [0.05, 0.1) is 23.3 Å². The van der Waals surface area contributed by atoms with E-state index in [0.717, 1.165) is 12.8 Å². The van der Waals surface area contributed by atoms with Crippen LogP contribution in [0.3, 0.4) is 0 Å². The maximum Gasteiger partial charge on any atom is 0.344 e. The zero-order chi connectivity index (χ0) is 23.3. The van der Waals surface area contributed by atoms with Crippen LogP contribution in [0.15, 0.2) is 36.4 Å². The summed E-state index contributed by atoms with van der Waals surface area (Å²) in [7, 11) is 0. The molecule has 0 amide bonds. The van der Waals surface area contributed by atoms with Crippen LogP contribution >= 0.6 is 46.4 Å². The minimum atomic E-state index is -0.481. The van der Waals surface area contributed by atoms with Crippen molar-refractivity contribution in [1.82, 2.24) is 0 Å². The van der Waals surface area contributed by atoms with Gasteiger partial charge in [-0.25, -0.2) is 9.59 Å². The number of hydrogen-bond acceptors (Lipinski definition) is 6. The summed E-state index contributed by atoms with van der Waals surface area (Å²) in [4.78, 5) is 23.4. The highest BCUT2D eigenvalue weighted by molar-refractivity contribution is 6.36. The Hall–Kier alpha value is -1.86. The highest BCUT2D eigenvalue weighted by atomic mass is 35.5. The van der Waals surface area contributed by atoms with Crippen LogP contribution in [0.2, 0.25) is 20.1 Å². The molecular formula is C22H22Cl4O6. The number of carbonyl (C=O) groups excluding carboxylic acids is 2. The van der Waals surface area contributed by atoms with Crippen molar-refractivity contribution in [2.24, 2.45) is 0 Å². The quantitative estimate of drug-likeness (QED) is 0.223. The Labute approximate surface area is 206 Å². The first-order valence-electron chi connectivity index (χ1n) is 9.82. The van der Waals surface area contributed by atoms with Crippen LogP contribution in [0.4, 0.5) is 0 Å². The van der Waals surface area contributed by atoms with Crippen molar-refractivity contribution in [2.45, 2.75) is 25.7 Å². The van der Waals surface area contributed by atoms with E-state index in [4.69, 9.17) is 65.4 Å². The average Bonchev–Trinajstić information content (AvgIpc) is 2.74. The predicted octanol–water partition coefficient (Wildman–Crippen LogP) is 6.40. The zero-order valence-corrected chi connectivity index (χ0v) is 20.1. The Morgan fingerprint density at radius 1 is 0.625 bits per heavy atom. The van der Waals surface area contributed by atoms with Crippen LogP contribution in [0.25, 0.3) is 0 Å². The molecule has 0 N–H and O–H groups in total. The van der Waals surface area contributed by atoms with Gasteiger partial charge < -0.3 is 18.9 Å². The van der Waals surface area contributed by atoms with Crippen LogP contribution < -0.4 is 9.47 Å². The molecule has 2 aromatic carbocycles. The molecule has 2 rings (SSSR count). The van der Waals surface area contributed by atoms with E-state index in [1.54, 1.807) is 24.3 Å². The average molecular weight is 524 g/mol. The Balaban J connectivity index is 1.46. The van der Waals surface area contributed by atoms with Gasteiger partial charge in [0, 0.05) is 10.0 Å². The highest BCUT2D eigenvalue weighted by Crippen LogP contribution is 2.28. The van der Waals surface area contributed by atoms with Crippen LogP contribution in [0, 0.1) is 0 Å². The monoisotopic (exact) mass is 522 g/mol. The van der Waals surface area contributed by atoms with Crippen LogP contribution in [0.5, 0.6) is 11.5 Å². The fourth-order valence-corrected chi connectivity index (χ4v) is 3.40. The summed E-state index contributed by atoms with van der Waals surface area (Å²) in [6.07, 6.45) is 3.04. The third kappa shape index (κ3) is 10.2. The molecule has 0 aromatic heterocycles. The molecule has 0 radical (unpaired) electrons. The van der Waals surface area contributed by atoms with E-state index >= 15 is 0 Å². The molecule has 0 saturated carbocycles. The number of benzene rings is 2. The molecule has 0 aliphatic heterocycles. The first kappa shape index (κ1) is 26.4. The van der Waals surface area contributed by atoms with Crippen molar-refractivity contribution in [3.05, 3.63) is 56.5 Å². The van der Waals surface area contributed by atoms with Crippen molar-refractivity contribution in [2.75, 3.05) is 26.4 Å². The number of ether oxygens (including phenoxy) is 4. The van der Waals surface area contributed by atoms with Crippen molar-refractivity contribution >= 4 is 58.3 Å². The summed E-state index contributed by atoms with van der Waals surface area (Å²) >= 11 is 23.5. The van der Waals surface area contributed by atoms with E-state index in [1.807, 2.05) is 0 Å². The molecule has 0 fully saturated rings. The Bertz CT molecular complexity index is 832. The molecule has 6 nitrogen and oxygen atoms in total. The molecule has 0 unspecified atom stereocenters. The van der Waals surface area contributed by atoms with Gasteiger partial charge in [-0.15, -0.1) is 0 Å². The van der Waals surface area contributed by atoms with Gasteiger partial charge >= 0.3 is 11.9 Å². The number of halogens is 4. The molecule has 10 heteroatoms. The second-order valence-electron chi connectivity index (χ2n) is 6.58. The maximum absolute atomic E-state index is 11.7. The number of rotatable bonds is 13. The minimum absolute atomic E-state index is 0.236.